The van der Waals surface area contributed by atoms with Gasteiger partial charge in [-0.15, -0.1) is 10.2 Å². The minimum atomic E-state index is -0.111. The Kier molecular flexibility index (Phi) is 5.20. The van der Waals surface area contributed by atoms with Gasteiger partial charge in [-0.2, -0.15) is 0 Å². The summed E-state index contributed by atoms with van der Waals surface area (Å²) in [5.74, 6) is -0.111. The fourth-order valence-corrected chi connectivity index (χ4v) is 3.41. The molecule has 1 amide bonds. The third-order valence-electron chi connectivity index (χ3n) is 4.92. The van der Waals surface area contributed by atoms with Crippen LogP contribution in [0.3, 0.4) is 0 Å². The van der Waals surface area contributed by atoms with Crippen molar-refractivity contribution in [3.05, 3.63) is 95.6 Å². The Morgan fingerprint density at radius 2 is 1.72 bits per heavy atom. The van der Waals surface area contributed by atoms with Gasteiger partial charge in [-0.05, 0) is 55.3 Å². The molecule has 0 saturated carbocycles. The lowest BCUT2D eigenvalue weighted by Gasteiger charge is -2.11. The highest BCUT2D eigenvalue weighted by atomic mass is 16.1. The molecule has 1 aromatic carbocycles. The Labute approximate surface area is 169 Å². The number of hydrogen-bond donors (Lipinski definition) is 1. The number of benzene rings is 1. The van der Waals surface area contributed by atoms with Gasteiger partial charge >= 0.3 is 0 Å². The molecule has 0 saturated heterocycles. The molecule has 146 valence electrons. The monoisotopic (exact) mass is 386 g/mol. The van der Waals surface area contributed by atoms with Crippen LogP contribution in [-0.4, -0.2) is 30.2 Å². The van der Waals surface area contributed by atoms with E-state index in [1.54, 1.807) is 25.0 Å². The quantitative estimate of drug-likeness (QED) is 0.551. The van der Waals surface area contributed by atoms with Crippen molar-refractivity contribution in [3.8, 4) is 0 Å². The number of nitrogens with zero attached hydrogens (tertiary/aromatic N) is 5. The third-order valence-corrected chi connectivity index (χ3v) is 4.92. The van der Waals surface area contributed by atoms with E-state index in [2.05, 4.69) is 25.1 Å². The van der Waals surface area contributed by atoms with Gasteiger partial charge in [0, 0.05) is 36.0 Å². The Morgan fingerprint density at radius 1 is 0.966 bits per heavy atom. The van der Waals surface area contributed by atoms with Crippen LogP contribution in [0.4, 0.5) is 5.69 Å². The van der Waals surface area contributed by atoms with Crippen LogP contribution in [-0.2, 0) is 13.1 Å². The van der Waals surface area contributed by atoms with E-state index >= 15 is 0 Å². The molecule has 7 heteroatoms. The number of rotatable bonds is 6. The maximum absolute atomic E-state index is 12.9. The summed E-state index contributed by atoms with van der Waals surface area (Å²) in [5.41, 5.74) is 5.64. The summed E-state index contributed by atoms with van der Waals surface area (Å²) < 4.78 is 4.03. The van der Waals surface area contributed by atoms with E-state index in [-0.39, 0.29) is 5.91 Å². The van der Waals surface area contributed by atoms with Crippen molar-refractivity contribution in [1.29, 1.82) is 0 Å². The second-order valence-corrected chi connectivity index (χ2v) is 7.02. The van der Waals surface area contributed by atoms with Gasteiger partial charge < -0.3 is 14.5 Å². The lowest BCUT2D eigenvalue weighted by molar-refractivity contribution is 0.102. The zero-order chi connectivity index (χ0) is 20.2. The first-order valence-corrected chi connectivity index (χ1v) is 9.38. The van der Waals surface area contributed by atoms with E-state index < -0.39 is 0 Å². The molecule has 0 aliphatic rings. The maximum atomic E-state index is 12.9. The van der Waals surface area contributed by atoms with Crippen LogP contribution in [0.1, 0.15) is 32.9 Å². The number of aryl methyl sites for hydroxylation is 1. The van der Waals surface area contributed by atoms with Gasteiger partial charge in [0.1, 0.15) is 12.7 Å². The van der Waals surface area contributed by atoms with Crippen molar-refractivity contribution >= 4 is 11.6 Å². The summed E-state index contributed by atoms with van der Waals surface area (Å²) in [5, 5.41) is 10.7. The van der Waals surface area contributed by atoms with Crippen LogP contribution < -0.4 is 5.32 Å². The number of carbonyl (C=O) groups excluding carboxylic acids is 1. The molecule has 29 heavy (non-hydrogen) atoms. The average molecular weight is 386 g/mol. The Hall–Kier alpha value is -3.74. The normalized spacial score (nSPS) is 10.8. The smallest absolute Gasteiger partial charge is 0.257 e. The number of nitrogens with one attached hydrogen (secondary N) is 1. The number of hydrogen-bond acceptors (Lipinski definition) is 4. The van der Waals surface area contributed by atoms with Crippen molar-refractivity contribution in [3.63, 3.8) is 0 Å². The molecular formula is C22H22N6O. The summed E-state index contributed by atoms with van der Waals surface area (Å²) in [7, 11) is 0. The number of pyridine rings is 1. The van der Waals surface area contributed by atoms with Gasteiger partial charge in [0.15, 0.2) is 0 Å². The lowest BCUT2D eigenvalue weighted by Crippen LogP contribution is -2.14. The van der Waals surface area contributed by atoms with Gasteiger partial charge in [0.2, 0.25) is 0 Å². The molecule has 3 heterocycles. The van der Waals surface area contributed by atoms with Gasteiger partial charge in [0.05, 0.1) is 12.1 Å². The first kappa shape index (κ1) is 18.6. The molecule has 1 N–H and O–H groups in total. The molecule has 0 aliphatic heterocycles. The summed E-state index contributed by atoms with van der Waals surface area (Å²) >= 11 is 0. The molecule has 0 fully saturated rings. The minimum Gasteiger partial charge on any atom is -0.344 e. The third kappa shape index (κ3) is 4.24. The number of amides is 1. The molecule has 0 radical (unpaired) electrons. The molecule has 4 rings (SSSR count). The summed E-state index contributed by atoms with van der Waals surface area (Å²) in [6.45, 7) is 5.36. The summed E-state index contributed by atoms with van der Waals surface area (Å²) in [4.78, 5) is 17.0. The largest absolute Gasteiger partial charge is 0.344 e. The standard InChI is InChI=1S/C22H22N6O/c1-16-10-21(17(2)28(16)13-18-6-8-23-9-7-18)22(29)26-20-5-3-4-19(11-20)12-27-14-24-25-15-27/h3-11,14-15H,12-13H2,1-2H3,(H,26,29). The average Bonchev–Trinajstić information content (AvgIpc) is 3.32. The van der Waals surface area contributed by atoms with E-state index in [9.17, 15) is 4.79 Å². The Morgan fingerprint density at radius 3 is 2.48 bits per heavy atom. The van der Waals surface area contributed by atoms with Crippen LogP contribution in [0.15, 0.2) is 67.5 Å². The Bertz CT molecular complexity index is 1120. The van der Waals surface area contributed by atoms with Crippen molar-refractivity contribution in [1.82, 2.24) is 24.3 Å². The highest BCUT2D eigenvalue weighted by molar-refractivity contribution is 6.05. The van der Waals surface area contributed by atoms with Crippen LogP contribution in [0, 0.1) is 13.8 Å². The van der Waals surface area contributed by atoms with Gasteiger partial charge in [-0.1, -0.05) is 12.1 Å². The molecule has 0 unspecified atom stereocenters. The second-order valence-electron chi connectivity index (χ2n) is 7.02. The number of carbonyl (C=O) groups is 1. The zero-order valence-electron chi connectivity index (χ0n) is 16.4. The second kappa shape index (κ2) is 8.10. The van der Waals surface area contributed by atoms with Gasteiger partial charge in [0.25, 0.3) is 5.91 Å². The maximum Gasteiger partial charge on any atom is 0.257 e. The van der Waals surface area contributed by atoms with E-state index in [0.717, 1.165) is 28.2 Å². The number of anilines is 1. The van der Waals surface area contributed by atoms with Crippen molar-refractivity contribution < 1.29 is 4.79 Å². The van der Waals surface area contributed by atoms with Crippen LogP contribution in [0.5, 0.6) is 0 Å². The first-order chi connectivity index (χ1) is 14.1. The molecule has 7 nitrogen and oxygen atoms in total. The predicted octanol–water partition coefficient (Wildman–Crippen LogP) is 3.44. The first-order valence-electron chi connectivity index (χ1n) is 9.38. The Balaban J connectivity index is 1.51. The van der Waals surface area contributed by atoms with Crippen LogP contribution in [0.25, 0.3) is 0 Å². The van der Waals surface area contributed by atoms with Crippen LogP contribution in [0.2, 0.25) is 0 Å². The van der Waals surface area contributed by atoms with Gasteiger partial charge in [-0.25, -0.2) is 0 Å². The van der Waals surface area contributed by atoms with E-state index in [1.807, 2.05) is 60.9 Å². The fraction of sp³-hybridized carbons (Fsp3) is 0.182. The zero-order valence-corrected chi connectivity index (χ0v) is 16.4. The van der Waals surface area contributed by atoms with E-state index in [4.69, 9.17) is 0 Å². The summed E-state index contributed by atoms with van der Waals surface area (Å²) in [6, 6.07) is 13.7. The van der Waals surface area contributed by atoms with E-state index in [1.165, 1.54) is 0 Å². The van der Waals surface area contributed by atoms with Crippen molar-refractivity contribution in [2.24, 2.45) is 0 Å². The molecule has 0 atom stereocenters. The predicted molar refractivity (Wildman–Crippen MR) is 111 cm³/mol. The van der Waals surface area contributed by atoms with Crippen molar-refractivity contribution in [2.45, 2.75) is 26.9 Å². The molecule has 3 aromatic heterocycles. The lowest BCUT2D eigenvalue weighted by atomic mass is 10.1. The fourth-order valence-electron chi connectivity index (χ4n) is 3.41. The van der Waals surface area contributed by atoms with Crippen molar-refractivity contribution in [2.75, 3.05) is 5.32 Å². The SMILES string of the molecule is Cc1cc(C(=O)Nc2cccc(Cn3cnnc3)c2)c(C)n1Cc1ccncc1. The highest BCUT2D eigenvalue weighted by Crippen LogP contribution is 2.19. The topological polar surface area (TPSA) is 77.6 Å². The van der Waals surface area contributed by atoms with E-state index in [0.29, 0.717) is 18.7 Å². The van der Waals surface area contributed by atoms with Crippen LogP contribution >= 0.6 is 0 Å². The molecule has 0 spiro atoms. The minimum absolute atomic E-state index is 0.111. The highest BCUT2D eigenvalue weighted by Gasteiger charge is 2.16. The molecule has 0 bridgehead atoms. The van der Waals surface area contributed by atoms with Gasteiger partial charge in [-0.3, -0.25) is 9.78 Å². The molecular weight excluding hydrogens is 364 g/mol. The molecule has 4 aromatic rings. The molecule has 0 aliphatic carbocycles. The number of aromatic nitrogens is 5. The summed E-state index contributed by atoms with van der Waals surface area (Å²) in [6.07, 6.45) is 6.90.